The molecule has 0 aromatic rings. The van der Waals surface area contributed by atoms with E-state index in [9.17, 15) is 9.59 Å². The molecule has 1 unspecified atom stereocenters. The van der Waals surface area contributed by atoms with E-state index in [-0.39, 0.29) is 6.10 Å². The Hall–Kier alpha value is -1.10. The molecule has 1 fully saturated rings. The summed E-state index contributed by atoms with van der Waals surface area (Å²) in [5.41, 5.74) is 0. The van der Waals surface area contributed by atoms with Crippen molar-refractivity contribution in [2.75, 3.05) is 0 Å². The van der Waals surface area contributed by atoms with Crippen LogP contribution in [0.2, 0.25) is 0 Å². The van der Waals surface area contributed by atoms with Gasteiger partial charge in [0.25, 0.3) is 0 Å². The highest BCUT2D eigenvalue weighted by atomic mass is 17.2. The van der Waals surface area contributed by atoms with Crippen LogP contribution in [-0.2, 0) is 24.1 Å². The molecule has 98 valence electrons. The van der Waals surface area contributed by atoms with Crippen LogP contribution in [0.15, 0.2) is 0 Å². The van der Waals surface area contributed by atoms with Gasteiger partial charge >= 0.3 is 11.9 Å². The average Bonchev–Trinajstić information content (AvgIpc) is 2.34. The Balaban J connectivity index is 2.28. The molecule has 0 aromatic carbocycles. The second-order valence-electron chi connectivity index (χ2n) is 4.26. The summed E-state index contributed by atoms with van der Waals surface area (Å²) in [5, 5.41) is 0. The molecule has 0 aliphatic heterocycles. The topological polar surface area (TPSA) is 61.8 Å². The van der Waals surface area contributed by atoms with E-state index in [1.807, 2.05) is 0 Å². The SMILES string of the molecule is CCC(OC(C)=O)C(=O)OOC1CCCCC1. The number of hydrogen-bond donors (Lipinski definition) is 0. The van der Waals surface area contributed by atoms with Crippen LogP contribution in [0.3, 0.4) is 0 Å². The summed E-state index contributed by atoms with van der Waals surface area (Å²) in [6, 6.07) is 0. The summed E-state index contributed by atoms with van der Waals surface area (Å²) in [4.78, 5) is 32.1. The summed E-state index contributed by atoms with van der Waals surface area (Å²) < 4.78 is 4.81. The number of rotatable bonds is 5. The lowest BCUT2D eigenvalue weighted by Crippen LogP contribution is -2.29. The number of esters is 1. The molecule has 1 aliphatic carbocycles. The van der Waals surface area contributed by atoms with Crippen molar-refractivity contribution in [1.82, 2.24) is 0 Å². The molecule has 1 aliphatic rings. The minimum absolute atomic E-state index is 0.0115. The van der Waals surface area contributed by atoms with Gasteiger partial charge in [-0.1, -0.05) is 26.2 Å². The molecule has 0 aromatic heterocycles. The first kappa shape index (κ1) is 14.0. The number of carbonyl (C=O) groups excluding carboxylic acids is 2. The van der Waals surface area contributed by atoms with Gasteiger partial charge < -0.3 is 4.74 Å². The fraction of sp³-hybridized carbons (Fsp3) is 0.833. The van der Waals surface area contributed by atoms with Gasteiger partial charge in [-0.25, -0.2) is 4.79 Å². The van der Waals surface area contributed by atoms with E-state index in [2.05, 4.69) is 0 Å². The van der Waals surface area contributed by atoms with E-state index in [0.29, 0.717) is 6.42 Å². The lowest BCUT2D eigenvalue weighted by molar-refractivity contribution is -0.307. The fourth-order valence-corrected chi connectivity index (χ4v) is 1.83. The molecular weight excluding hydrogens is 224 g/mol. The zero-order chi connectivity index (χ0) is 12.7. The van der Waals surface area contributed by atoms with Gasteiger partial charge in [0, 0.05) is 6.92 Å². The van der Waals surface area contributed by atoms with Crippen molar-refractivity contribution >= 4 is 11.9 Å². The maximum Gasteiger partial charge on any atom is 0.382 e. The van der Waals surface area contributed by atoms with Crippen molar-refractivity contribution in [3.63, 3.8) is 0 Å². The smallest absolute Gasteiger partial charge is 0.382 e. The summed E-state index contributed by atoms with van der Waals surface area (Å²) >= 11 is 0. The van der Waals surface area contributed by atoms with Crippen molar-refractivity contribution in [2.45, 2.75) is 64.6 Å². The third-order valence-corrected chi connectivity index (χ3v) is 2.76. The van der Waals surface area contributed by atoms with Gasteiger partial charge in [0.05, 0.1) is 0 Å². The lowest BCUT2D eigenvalue weighted by atomic mass is 9.98. The van der Waals surface area contributed by atoms with E-state index < -0.39 is 18.0 Å². The lowest BCUT2D eigenvalue weighted by Gasteiger charge is -2.21. The van der Waals surface area contributed by atoms with E-state index in [0.717, 1.165) is 25.7 Å². The summed E-state index contributed by atoms with van der Waals surface area (Å²) in [6.07, 6.45) is 4.74. The molecule has 0 N–H and O–H groups in total. The molecule has 0 spiro atoms. The Bertz CT molecular complexity index is 258. The van der Waals surface area contributed by atoms with Crippen LogP contribution in [0.4, 0.5) is 0 Å². The molecule has 1 rings (SSSR count). The molecule has 0 saturated heterocycles. The highest BCUT2D eigenvalue weighted by Gasteiger charge is 2.24. The Morgan fingerprint density at radius 2 is 1.88 bits per heavy atom. The minimum Gasteiger partial charge on any atom is -0.450 e. The van der Waals surface area contributed by atoms with Gasteiger partial charge in [0.1, 0.15) is 6.10 Å². The zero-order valence-electron chi connectivity index (χ0n) is 10.4. The maximum atomic E-state index is 11.5. The average molecular weight is 244 g/mol. The quantitative estimate of drug-likeness (QED) is 0.421. The van der Waals surface area contributed by atoms with Crippen LogP contribution in [-0.4, -0.2) is 24.1 Å². The third kappa shape index (κ3) is 5.17. The van der Waals surface area contributed by atoms with Crippen molar-refractivity contribution in [3.05, 3.63) is 0 Å². The Kier molecular flexibility index (Phi) is 5.97. The van der Waals surface area contributed by atoms with Gasteiger partial charge in [0.2, 0.25) is 6.10 Å². The number of hydrogen-bond acceptors (Lipinski definition) is 5. The molecule has 0 bridgehead atoms. The van der Waals surface area contributed by atoms with E-state index in [1.165, 1.54) is 13.3 Å². The summed E-state index contributed by atoms with van der Waals surface area (Å²) in [5.74, 6) is -1.13. The standard InChI is InChI=1S/C12H20O5/c1-3-11(15-9(2)13)12(14)17-16-10-7-5-4-6-8-10/h10-11H,3-8H2,1-2H3. The summed E-state index contributed by atoms with van der Waals surface area (Å²) in [6.45, 7) is 3.01. The molecule has 1 atom stereocenters. The van der Waals surface area contributed by atoms with Crippen molar-refractivity contribution < 1.29 is 24.1 Å². The van der Waals surface area contributed by atoms with Crippen LogP contribution < -0.4 is 0 Å². The molecule has 0 amide bonds. The first-order valence-corrected chi connectivity index (χ1v) is 6.18. The third-order valence-electron chi connectivity index (χ3n) is 2.76. The minimum atomic E-state index is -0.865. The predicted octanol–water partition coefficient (Wildman–Crippen LogP) is 2.14. The second kappa shape index (κ2) is 7.27. The Morgan fingerprint density at radius 3 is 2.41 bits per heavy atom. The Labute approximate surface area is 101 Å². The molecule has 1 saturated carbocycles. The van der Waals surface area contributed by atoms with Gasteiger partial charge in [-0.3, -0.25) is 9.68 Å². The zero-order valence-corrected chi connectivity index (χ0v) is 10.4. The summed E-state index contributed by atoms with van der Waals surface area (Å²) in [7, 11) is 0. The van der Waals surface area contributed by atoms with E-state index >= 15 is 0 Å². The Morgan fingerprint density at radius 1 is 1.24 bits per heavy atom. The maximum absolute atomic E-state index is 11.5. The van der Waals surface area contributed by atoms with Crippen molar-refractivity contribution in [1.29, 1.82) is 0 Å². The van der Waals surface area contributed by atoms with Crippen LogP contribution in [0.25, 0.3) is 0 Å². The van der Waals surface area contributed by atoms with Gasteiger partial charge in [-0.2, -0.15) is 4.89 Å². The van der Waals surface area contributed by atoms with Crippen LogP contribution in [0.5, 0.6) is 0 Å². The predicted molar refractivity (Wildman–Crippen MR) is 59.9 cm³/mol. The van der Waals surface area contributed by atoms with E-state index in [1.54, 1.807) is 6.92 Å². The normalized spacial score (nSPS) is 18.5. The van der Waals surface area contributed by atoms with Gasteiger partial charge in [0.15, 0.2) is 0 Å². The highest BCUT2D eigenvalue weighted by Crippen LogP contribution is 2.20. The van der Waals surface area contributed by atoms with E-state index in [4.69, 9.17) is 14.5 Å². The van der Waals surface area contributed by atoms with Crippen LogP contribution in [0.1, 0.15) is 52.4 Å². The van der Waals surface area contributed by atoms with Gasteiger partial charge in [-0.05, 0) is 19.3 Å². The first-order chi connectivity index (χ1) is 8.13. The first-order valence-electron chi connectivity index (χ1n) is 6.18. The molecule has 17 heavy (non-hydrogen) atoms. The monoisotopic (exact) mass is 244 g/mol. The molecule has 0 heterocycles. The largest absolute Gasteiger partial charge is 0.450 e. The molecule has 5 nitrogen and oxygen atoms in total. The second-order valence-corrected chi connectivity index (χ2v) is 4.26. The molecule has 0 radical (unpaired) electrons. The fourth-order valence-electron chi connectivity index (χ4n) is 1.83. The van der Waals surface area contributed by atoms with Crippen molar-refractivity contribution in [3.8, 4) is 0 Å². The molecule has 5 heteroatoms. The van der Waals surface area contributed by atoms with Crippen LogP contribution in [0, 0.1) is 0 Å². The van der Waals surface area contributed by atoms with Gasteiger partial charge in [-0.15, -0.1) is 0 Å². The molecular formula is C12H20O5. The van der Waals surface area contributed by atoms with Crippen molar-refractivity contribution in [2.24, 2.45) is 0 Å². The van der Waals surface area contributed by atoms with Crippen LogP contribution >= 0.6 is 0 Å². The highest BCUT2D eigenvalue weighted by molar-refractivity contribution is 5.78. The number of carbonyl (C=O) groups is 2. The number of ether oxygens (including phenoxy) is 1.